The van der Waals surface area contributed by atoms with Gasteiger partial charge < -0.3 is 10.7 Å². The van der Waals surface area contributed by atoms with E-state index >= 15 is 0 Å². The molecule has 0 radical (unpaired) electrons. The van der Waals surface area contributed by atoms with Gasteiger partial charge in [-0.2, -0.15) is 5.10 Å². The van der Waals surface area contributed by atoms with Crippen LogP contribution >= 0.6 is 0 Å². The average molecular weight is 422 g/mol. The first-order chi connectivity index (χ1) is 15.7. The molecule has 6 aromatic rings. The van der Waals surface area contributed by atoms with Crippen molar-refractivity contribution in [3.8, 4) is 34.0 Å². The average Bonchev–Trinajstić information content (AvgIpc) is 3.42. The van der Waals surface area contributed by atoms with Gasteiger partial charge in [0.05, 0.1) is 34.1 Å². The summed E-state index contributed by atoms with van der Waals surface area (Å²) in [6.07, 6.45) is 5.03. The summed E-state index contributed by atoms with van der Waals surface area (Å²) in [4.78, 5) is 21.4. The first kappa shape index (κ1) is 18.1. The van der Waals surface area contributed by atoms with Crippen molar-refractivity contribution in [1.82, 2.24) is 35.1 Å². The topological polar surface area (TPSA) is 122 Å². The van der Waals surface area contributed by atoms with Gasteiger partial charge in [-0.1, -0.05) is 6.07 Å². The van der Waals surface area contributed by atoms with Crippen LogP contribution in [-0.2, 0) is 0 Å². The number of nitrogen functional groups attached to an aromatic ring is 1. The molecule has 5 aromatic heterocycles. The van der Waals surface area contributed by atoms with Crippen LogP contribution < -0.4 is 5.73 Å². The van der Waals surface area contributed by atoms with Gasteiger partial charge in [0.2, 0.25) is 0 Å². The summed E-state index contributed by atoms with van der Waals surface area (Å²) in [5.41, 5.74) is 12.3. The van der Waals surface area contributed by atoms with Gasteiger partial charge >= 0.3 is 0 Å². The van der Waals surface area contributed by atoms with Crippen LogP contribution in [0, 0.1) is 5.82 Å². The monoisotopic (exact) mass is 422 g/mol. The summed E-state index contributed by atoms with van der Waals surface area (Å²) >= 11 is 0. The van der Waals surface area contributed by atoms with Gasteiger partial charge in [0.1, 0.15) is 11.3 Å². The molecule has 8 nitrogen and oxygen atoms in total. The number of nitrogens with one attached hydrogen (secondary N) is 2. The number of imidazole rings is 1. The lowest BCUT2D eigenvalue weighted by Crippen LogP contribution is -1.90. The van der Waals surface area contributed by atoms with Crippen LogP contribution in [0.15, 0.2) is 67.1 Å². The summed E-state index contributed by atoms with van der Waals surface area (Å²) in [5.74, 6) is 0.104. The molecular formula is C23H15FN8. The molecule has 0 spiro atoms. The van der Waals surface area contributed by atoms with Crippen LogP contribution in [-0.4, -0.2) is 35.1 Å². The number of aromatic nitrogens is 7. The molecule has 5 heterocycles. The maximum absolute atomic E-state index is 13.9. The molecule has 0 saturated heterocycles. The van der Waals surface area contributed by atoms with Gasteiger partial charge in [-0.3, -0.25) is 15.1 Å². The third kappa shape index (κ3) is 2.95. The number of nitrogens with zero attached hydrogens (tertiary/aromatic N) is 5. The number of aromatic amines is 2. The van der Waals surface area contributed by atoms with Crippen molar-refractivity contribution < 1.29 is 4.39 Å². The van der Waals surface area contributed by atoms with E-state index in [0.29, 0.717) is 44.9 Å². The highest BCUT2D eigenvalue weighted by atomic mass is 19.1. The number of H-pyrrole nitrogens is 2. The van der Waals surface area contributed by atoms with Crippen molar-refractivity contribution in [3.63, 3.8) is 0 Å². The van der Waals surface area contributed by atoms with Crippen LogP contribution in [0.1, 0.15) is 0 Å². The highest BCUT2D eigenvalue weighted by molar-refractivity contribution is 5.96. The van der Waals surface area contributed by atoms with Crippen LogP contribution in [0.2, 0.25) is 0 Å². The second-order valence-electron chi connectivity index (χ2n) is 7.32. The lowest BCUT2D eigenvalue weighted by atomic mass is 10.1. The molecule has 0 amide bonds. The predicted octanol–water partition coefficient (Wildman–Crippen LogP) is 4.35. The Balaban J connectivity index is 1.52. The Morgan fingerprint density at radius 3 is 2.66 bits per heavy atom. The second kappa shape index (κ2) is 6.95. The summed E-state index contributed by atoms with van der Waals surface area (Å²) < 4.78 is 13.9. The first-order valence-corrected chi connectivity index (χ1v) is 9.83. The number of anilines is 1. The molecule has 9 heteroatoms. The maximum atomic E-state index is 13.9. The Kier molecular flexibility index (Phi) is 3.94. The lowest BCUT2D eigenvalue weighted by molar-refractivity contribution is 0.629. The number of halogens is 1. The van der Waals surface area contributed by atoms with Gasteiger partial charge in [-0.15, -0.1) is 0 Å². The molecule has 0 aliphatic rings. The standard InChI is InChI=1S/C23H15FN8/c24-13-7-12(8-14(25)9-13)15-10-26-11-19-20(15)30-23(29-19)22-21-18(31-32-22)5-4-17(28-21)16-3-1-2-6-27-16/h1-11H,25H2,(H,29,30)(H,31,32). The fourth-order valence-corrected chi connectivity index (χ4v) is 3.75. The van der Waals surface area contributed by atoms with Crippen molar-refractivity contribution in [2.45, 2.75) is 0 Å². The Bertz CT molecular complexity index is 1580. The summed E-state index contributed by atoms with van der Waals surface area (Å²) in [7, 11) is 0. The van der Waals surface area contributed by atoms with E-state index in [1.165, 1.54) is 12.1 Å². The summed E-state index contributed by atoms with van der Waals surface area (Å²) in [6.45, 7) is 0. The zero-order valence-electron chi connectivity index (χ0n) is 16.5. The number of hydrogen-bond acceptors (Lipinski definition) is 6. The third-order valence-corrected chi connectivity index (χ3v) is 5.18. The Hall–Kier alpha value is -4.66. The van der Waals surface area contributed by atoms with E-state index < -0.39 is 5.82 Å². The number of rotatable bonds is 3. The van der Waals surface area contributed by atoms with E-state index in [1.54, 1.807) is 24.7 Å². The third-order valence-electron chi connectivity index (χ3n) is 5.18. The molecule has 0 unspecified atom stereocenters. The van der Waals surface area contributed by atoms with Crippen LogP contribution in [0.3, 0.4) is 0 Å². The second-order valence-corrected chi connectivity index (χ2v) is 7.32. The lowest BCUT2D eigenvalue weighted by Gasteiger charge is -2.04. The maximum Gasteiger partial charge on any atom is 0.161 e. The Labute approximate surface area is 180 Å². The minimum absolute atomic E-state index is 0.331. The molecule has 0 saturated carbocycles. The molecule has 0 aliphatic carbocycles. The Morgan fingerprint density at radius 2 is 1.81 bits per heavy atom. The van der Waals surface area contributed by atoms with Crippen molar-refractivity contribution in [2.24, 2.45) is 0 Å². The normalized spacial score (nSPS) is 11.4. The van der Waals surface area contributed by atoms with E-state index in [4.69, 9.17) is 15.7 Å². The van der Waals surface area contributed by atoms with Gasteiger partial charge in [-0.05, 0) is 48.0 Å². The quantitative estimate of drug-likeness (QED) is 0.365. The molecule has 0 aliphatic heterocycles. The molecule has 154 valence electrons. The van der Waals surface area contributed by atoms with Gasteiger partial charge in [0.25, 0.3) is 0 Å². The zero-order valence-corrected chi connectivity index (χ0v) is 16.5. The molecular weight excluding hydrogens is 407 g/mol. The highest BCUT2D eigenvalue weighted by Gasteiger charge is 2.17. The number of hydrogen-bond donors (Lipinski definition) is 3. The molecule has 1 aromatic carbocycles. The predicted molar refractivity (Wildman–Crippen MR) is 120 cm³/mol. The van der Waals surface area contributed by atoms with E-state index in [0.717, 1.165) is 16.9 Å². The van der Waals surface area contributed by atoms with Gasteiger partial charge in [0, 0.05) is 23.6 Å². The van der Waals surface area contributed by atoms with Crippen LogP contribution in [0.4, 0.5) is 10.1 Å². The van der Waals surface area contributed by atoms with Gasteiger partial charge in [-0.25, -0.2) is 14.4 Å². The highest BCUT2D eigenvalue weighted by Crippen LogP contribution is 2.32. The smallest absolute Gasteiger partial charge is 0.161 e. The van der Waals surface area contributed by atoms with Crippen LogP contribution in [0.5, 0.6) is 0 Å². The van der Waals surface area contributed by atoms with E-state index in [1.807, 2.05) is 30.3 Å². The van der Waals surface area contributed by atoms with E-state index in [2.05, 4.69) is 25.1 Å². The summed E-state index contributed by atoms with van der Waals surface area (Å²) in [5, 5.41) is 7.42. The van der Waals surface area contributed by atoms with Crippen molar-refractivity contribution in [1.29, 1.82) is 0 Å². The number of benzene rings is 1. The number of fused-ring (bicyclic) bond motifs is 2. The summed E-state index contributed by atoms with van der Waals surface area (Å²) in [6, 6.07) is 13.8. The minimum Gasteiger partial charge on any atom is -0.399 e. The minimum atomic E-state index is -0.419. The van der Waals surface area contributed by atoms with Crippen molar-refractivity contribution in [2.75, 3.05) is 5.73 Å². The van der Waals surface area contributed by atoms with Crippen LogP contribution in [0.25, 0.3) is 56.1 Å². The number of pyridine rings is 3. The fourth-order valence-electron chi connectivity index (χ4n) is 3.75. The largest absolute Gasteiger partial charge is 0.399 e. The SMILES string of the molecule is Nc1cc(F)cc(-c2cncc3[nH]c(-c4n[nH]c5ccc(-c6ccccn6)nc45)nc23)c1. The van der Waals surface area contributed by atoms with Crippen molar-refractivity contribution >= 4 is 27.8 Å². The molecule has 0 bridgehead atoms. The zero-order chi connectivity index (χ0) is 21.7. The first-order valence-electron chi connectivity index (χ1n) is 9.83. The van der Waals surface area contributed by atoms with Crippen molar-refractivity contribution in [3.05, 3.63) is 72.9 Å². The Morgan fingerprint density at radius 1 is 0.875 bits per heavy atom. The fraction of sp³-hybridized carbons (Fsp3) is 0. The molecule has 0 fully saturated rings. The van der Waals surface area contributed by atoms with Gasteiger partial charge in [0.15, 0.2) is 11.5 Å². The van der Waals surface area contributed by atoms with E-state index in [9.17, 15) is 4.39 Å². The molecule has 32 heavy (non-hydrogen) atoms. The van der Waals surface area contributed by atoms with E-state index in [-0.39, 0.29) is 0 Å². The number of nitrogens with two attached hydrogens (primary N) is 1. The molecule has 0 atom stereocenters. The molecule has 6 rings (SSSR count). The molecule has 4 N–H and O–H groups in total.